The average molecular weight is 390 g/mol. The largest absolute Gasteiger partial charge is 0.361 e. The van der Waals surface area contributed by atoms with Gasteiger partial charge in [-0.05, 0) is 29.3 Å². The highest BCUT2D eigenvalue weighted by molar-refractivity contribution is 9.10. The van der Waals surface area contributed by atoms with Gasteiger partial charge < -0.3 is 4.98 Å². The molecule has 0 amide bonds. The summed E-state index contributed by atoms with van der Waals surface area (Å²) in [5, 5.41) is 1.09. The zero-order valence-corrected chi connectivity index (χ0v) is 15.0. The third-order valence-corrected chi connectivity index (χ3v) is 4.98. The molecule has 0 aliphatic carbocycles. The van der Waals surface area contributed by atoms with Gasteiger partial charge in [-0.3, -0.25) is 4.79 Å². The Balaban J connectivity index is 1.88. The Morgan fingerprint density at radius 2 is 1.52 bits per heavy atom. The Kier molecular flexibility index (Phi) is 4.24. The number of aromatic amines is 1. The highest BCUT2D eigenvalue weighted by atomic mass is 79.9. The van der Waals surface area contributed by atoms with Crippen LogP contribution in [0.2, 0.25) is 0 Å². The minimum Gasteiger partial charge on any atom is -0.361 e. The molecule has 0 unspecified atom stereocenters. The van der Waals surface area contributed by atoms with Crippen molar-refractivity contribution in [1.29, 1.82) is 0 Å². The normalized spacial score (nSPS) is 12.2. The van der Waals surface area contributed by atoms with E-state index >= 15 is 0 Å². The van der Waals surface area contributed by atoms with Crippen molar-refractivity contribution in [2.75, 3.05) is 0 Å². The molecule has 3 aromatic carbocycles. The fourth-order valence-electron chi connectivity index (χ4n) is 3.23. The van der Waals surface area contributed by atoms with E-state index in [4.69, 9.17) is 0 Å². The fraction of sp³-hybridized carbons (Fsp3) is 0.0455. The molecule has 0 aliphatic rings. The summed E-state index contributed by atoms with van der Waals surface area (Å²) in [5.74, 6) is -0.234. The number of hydrogen-bond acceptors (Lipinski definition) is 1. The molecule has 0 aliphatic heterocycles. The van der Waals surface area contributed by atoms with Crippen molar-refractivity contribution in [3.63, 3.8) is 0 Å². The lowest BCUT2D eigenvalue weighted by Crippen LogP contribution is -2.14. The second kappa shape index (κ2) is 6.69. The highest BCUT2D eigenvalue weighted by Gasteiger charge is 2.26. The smallest absolute Gasteiger partial charge is 0.174 e. The molecule has 2 nitrogen and oxygen atoms in total. The van der Waals surface area contributed by atoms with Crippen LogP contribution in [0.1, 0.15) is 27.4 Å². The monoisotopic (exact) mass is 389 g/mol. The van der Waals surface area contributed by atoms with Crippen LogP contribution >= 0.6 is 15.9 Å². The summed E-state index contributed by atoms with van der Waals surface area (Å²) in [4.78, 5) is 16.7. The summed E-state index contributed by atoms with van der Waals surface area (Å²) >= 11 is 3.43. The number of H-pyrrole nitrogens is 1. The number of Topliss-reactive ketones (excluding diaryl/α,β-unsaturated/α-hetero) is 1. The molecule has 1 N–H and O–H groups in total. The van der Waals surface area contributed by atoms with Crippen LogP contribution in [0.15, 0.2) is 89.5 Å². The van der Waals surface area contributed by atoms with Crippen molar-refractivity contribution >= 4 is 32.6 Å². The van der Waals surface area contributed by atoms with Crippen molar-refractivity contribution in [2.24, 2.45) is 0 Å². The summed E-state index contributed by atoms with van der Waals surface area (Å²) in [6, 6.07) is 25.6. The van der Waals surface area contributed by atoms with E-state index in [1.807, 2.05) is 79.0 Å². The molecule has 0 bridgehead atoms. The first-order valence-electron chi connectivity index (χ1n) is 8.15. The van der Waals surface area contributed by atoms with Crippen molar-refractivity contribution in [2.45, 2.75) is 5.92 Å². The van der Waals surface area contributed by atoms with Gasteiger partial charge in [-0.1, -0.05) is 76.6 Å². The van der Waals surface area contributed by atoms with Gasteiger partial charge in [-0.2, -0.15) is 0 Å². The average Bonchev–Trinajstić information content (AvgIpc) is 3.07. The van der Waals surface area contributed by atoms with E-state index in [0.29, 0.717) is 5.56 Å². The van der Waals surface area contributed by atoms with E-state index in [1.54, 1.807) is 0 Å². The maximum atomic E-state index is 13.4. The van der Waals surface area contributed by atoms with Crippen molar-refractivity contribution in [3.8, 4) is 0 Å². The van der Waals surface area contributed by atoms with Gasteiger partial charge in [0.1, 0.15) is 0 Å². The predicted octanol–water partition coefficient (Wildman–Crippen LogP) is 5.95. The molecule has 1 heterocycles. The number of fused-ring (bicyclic) bond motifs is 1. The van der Waals surface area contributed by atoms with Gasteiger partial charge in [0.05, 0.1) is 5.92 Å². The van der Waals surface area contributed by atoms with E-state index in [2.05, 4.69) is 27.0 Å². The molecule has 1 aromatic heterocycles. The molecule has 0 spiro atoms. The number of nitrogens with one attached hydrogen (secondary N) is 1. The number of para-hydroxylation sites is 1. The molecule has 25 heavy (non-hydrogen) atoms. The van der Waals surface area contributed by atoms with Gasteiger partial charge in [0, 0.05) is 27.1 Å². The third-order valence-electron chi connectivity index (χ3n) is 4.46. The number of hydrogen-bond donors (Lipinski definition) is 1. The van der Waals surface area contributed by atoms with E-state index in [0.717, 1.165) is 26.5 Å². The van der Waals surface area contributed by atoms with Crippen molar-refractivity contribution < 1.29 is 4.79 Å². The zero-order chi connectivity index (χ0) is 17.2. The lowest BCUT2D eigenvalue weighted by Gasteiger charge is -2.16. The molecule has 0 fully saturated rings. The van der Waals surface area contributed by atoms with Gasteiger partial charge >= 0.3 is 0 Å². The van der Waals surface area contributed by atoms with E-state index < -0.39 is 0 Å². The molecule has 1 atom stereocenters. The van der Waals surface area contributed by atoms with Crippen LogP contribution in [0.25, 0.3) is 10.9 Å². The van der Waals surface area contributed by atoms with Gasteiger partial charge in [0.2, 0.25) is 0 Å². The van der Waals surface area contributed by atoms with Crippen LogP contribution < -0.4 is 0 Å². The second-order valence-electron chi connectivity index (χ2n) is 6.00. The van der Waals surface area contributed by atoms with Crippen LogP contribution in [0.3, 0.4) is 0 Å². The minimum absolute atomic E-state index is 0.100. The molecular formula is C22H16BrNO. The van der Waals surface area contributed by atoms with Crippen LogP contribution in [0.4, 0.5) is 0 Å². The third kappa shape index (κ3) is 3.03. The first-order valence-corrected chi connectivity index (χ1v) is 8.94. The standard InChI is InChI=1S/C22H16BrNO/c23-17-12-10-16(11-13-17)22(25)21(15-6-2-1-3-7-15)19-14-24-20-9-5-4-8-18(19)20/h1-14,21,24H/t21-/m0/s1. The number of carbonyl (C=O) groups is 1. The molecular weight excluding hydrogens is 374 g/mol. The Hall–Kier alpha value is -2.65. The second-order valence-corrected chi connectivity index (χ2v) is 6.92. The molecule has 122 valence electrons. The number of rotatable bonds is 4. The van der Waals surface area contributed by atoms with E-state index in [9.17, 15) is 4.79 Å². The lowest BCUT2D eigenvalue weighted by atomic mass is 9.85. The summed E-state index contributed by atoms with van der Waals surface area (Å²) in [7, 11) is 0. The zero-order valence-electron chi connectivity index (χ0n) is 13.4. The molecule has 4 aromatic rings. The first kappa shape index (κ1) is 15.9. The number of carbonyl (C=O) groups excluding carboxylic acids is 1. The number of aromatic nitrogens is 1. The van der Waals surface area contributed by atoms with Gasteiger partial charge in [-0.15, -0.1) is 0 Å². The van der Waals surface area contributed by atoms with Gasteiger partial charge in [-0.25, -0.2) is 0 Å². The Bertz CT molecular complexity index is 1020. The summed E-state index contributed by atoms with van der Waals surface area (Å²) in [5.41, 5.74) is 3.76. The Morgan fingerprint density at radius 1 is 0.840 bits per heavy atom. The van der Waals surface area contributed by atoms with Crippen molar-refractivity contribution in [3.05, 3.63) is 106 Å². The number of ketones is 1. The highest BCUT2D eigenvalue weighted by Crippen LogP contribution is 2.33. The molecule has 4 rings (SSSR count). The van der Waals surface area contributed by atoms with Crippen molar-refractivity contribution in [1.82, 2.24) is 4.98 Å². The number of halogens is 1. The SMILES string of the molecule is O=C(c1ccc(Br)cc1)[C@@H](c1ccccc1)c1c[nH]c2ccccc12. The van der Waals surface area contributed by atoms with E-state index in [1.165, 1.54) is 0 Å². The maximum absolute atomic E-state index is 13.4. The Labute approximate surface area is 154 Å². The summed E-state index contributed by atoms with van der Waals surface area (Å²) < 4.78 is 0.965. The molecule has 3 heteroatoms. The molecule has 0 radical (unpaired) electrons. The number of benzene rings is 3. The van der Waals surface area contributed by atoms with Gasteiger partial charge in [0.25, 0.3) is 0 Å². The summed E-state index contributed by atoms with van der Waals surface area (Å²) in [6.45, 7) is 0. The maximum Gasteiger partial charge on any atom is 0.174 e. The van der Waals surface area contributed by atoms with Crippen LogP contribution in [0.5, 0.6) is 0 Å². The fourth-order valence-corrected chi connectivity index (χ4v) is 3.50. The van der Waals surface area contributed by atoms with Crippen LogP contribution in [-0.2, 0) is 0 Å². The topological polar surface area (TPSA) is 32.9 Å². The first-order chi connectivity index (χ1) is 12.2. The predicted molar refractivity (Wildman–Crippen MR) is 105 cm³/mol. The Morgan fingerprint density at radius 3 is 2.28 bits per heavy atom. The lowest BCUT2D eigenvalue weighted by molar-refractivity contribution is 0.0974. The molecule has 0 saturated carbocycles. The van der Waals surface area contributed by atoms with Gasteiger partial charge in [0.15, 0.2) is 5.78 Å². The minimum atomic E-state index is -0.335. The van der Waals surface area contributed by atoms with Crippen LogP contribution in [0, 0.1) is 0 Å². The van der Waals surface area contributed by atoms with Crippen LogP contribution in [-0.4, -0.2) is 10.8 Å². The summed E-state index contributed by atoms with van der Waals surface area (Å²) in [6.07, 6.45) is 1.96. The quantitative estimate of drug-likeness (QED) is 0.430. The van der Waals surface area contributed by atoms with E-state index in [-0.39, 0.29) is 11.7 Å². The molecule has 0 saturated heterocycles.